The SMILES string of the molecule is CNC(C)(C=O)CN[C@H](C(=O)N1c2ncccc2C[C@H]1C(=O)Nc1c(C)cccc1F)C1CCOCC1. The van der Waals surface area contributed by atoms with Gasteiger partial charge in [-0.1, -0.05) is 18.2 Å². The molecule has 2 amide bonds. The van der Waals surface area contributed by atoms with Crippen LogP contribution in [0.3, 0.4) is 0 Å². The van der Waals surface area contributed by atoms with Gasteiger partial charge in [-0.15, -0.1) is 0 Å². The molecule has 0 bridgehead atoms. The highest BCUT2D eigenvalue weighted by Gasteiger charge is 2.44. The fraction of sp³-hybridized carbons (Fsp3) is 0.481. The van der Waals surface area contributed by atoms with Crippen molar-refractivity contribution in [2.75, 3.05) is 37.0 Å². The Morgan fingerprint density at radius 1 is 1.27 bits per heavy atom. The first-order valence-corrected chi connectivity index (χ1v) is 12.6. The fourth-order valence-electron chi connectivity index (χ4n) is 4.88. The van der Waals surface area contributed by atoms with E-state index in [1.807, 2.05) is 6.07 Å². The predicted molar refractivity (Wildman–Crippen MR) is 138 cm³/mol. The summed E-state index contributed by atoms with van der Waals surface area (Å²) >= 11 is 0. The van der Waals surface area contributed by atoms with Crippen molar-refractivity contribution in [2.24, 2.45) is 5.92 Å². The number of hydrogen-bond acceptors (Lipinski definition) is 7. The van der Waals surface area contributed by atoms with Crippen LogP contribution in [0.15, 0.2) is 36.5 Å². The minimum absolute atomic E-state index is 0.0562. The van der Waals surface area contributed by atoms with E-state index in [9.17, 15) is 18.8 Å². The van der Waals surface area contributed by atoms with Gasteiger partial charge >= 0.3 is 0 Å². The first kappa shape index (κ1) is 26.8. The number of likely N-dealkylation sites (N-methyl/N-ethyl adjacent to an activating group) is 1. The molecular formula is C27H34FN5O4. The first-order chi connectivity index (χ1) is 17.8. The molecule has 198 valence electrons. The summed E-state index contributed by atoms with van der Waals surface area (Å²) in [6, 6.07) is 6.60. The number of ether oxygens (including phenoxy) is 1. The predicted octanol–water partition coefficient (Wildman–Crippen LogP) is 1.99. The number of halogens is 1. The Hall–Kier alpha value is -3.21. The minimum Gasteiger partial charge on any atom is -0.381 e. The number of amides is 2. The largest absolute Gasteiger partial charge is 0.381 e. The molecule has 1 fully saturated rings. The highest BCUT2D eigenvalue weighted by molar-refractivity contribution is 6.08. The van der Waals surface area contributed by atoms with Crippen LogP contribution in [-0.2, 0) is 25.5 Å². The second-order valence-electron chi connectivity index (χ2n) is 9.93. The number of benzene rings is 1. The van der Waals surface area contributed by atoms with Gasteiger partial charge < -0.3 is 25.5 Å². The Labute approximate surface area is 216 Å². The molecule has 0 aliphatic carbocycles. The molecule has 1 aromatic heterocycles. The molecule has 2 aliphatic rings. The Morgan fingerprint density at radius 3 is 2.70 bits per heavy atom. The van der Waals surface area contributed by atoms with Gasteiger partial charge in [0.2, 0.25) is 11.8 Å². The molecule has 37 heavy (non-hydrogen) atoms. The van der Waals surface area contributed by atoms with E-state index in [4.69, 9.17) is 4.74 Å². The molecule has 2 aromatic rings. The smallest absolute Gasteiger partial charge is 0.248 e. The van der Waals surface area contributed by atoms with Crippen molar-refractivity contribution < 1.29 is 23.5 Å². The summed E-state index contributed by atoms with van der Waals surface area (Å²) in [6.07, 6.45) is 3.98. The van der Waals surface area contributed by atoms with Crippen molar-refractivity contribution >= 4 is 29.6 Å². The fourth-order valence-corrected chi connectivity index (χ4v) is 4.88. The standard InChI is InChI=1S/C27H34FN5O4/c1-17-6-4-8-20(28)22(17)32-25(35)21-14-19-7-5-11-30-24(19)33(21)26(36)23(18-9-12-37-13-10-18)31-15-27(2,16-34)29-3/h4-8,11,16,18,21,23,29,31H,9-10,12-15H2,1-3H3,(H,32,35)/t21-,23-,27?/m0/s1. The third-order valence-electron chi connectivity index (χ3n) is 7.35. The third-order valence-corrected chi connectivity index (χ3v) is 7.35. The zero-order chi connectivity index (χ0) is 26.6. The van der Waals surface area contributed by atoms with E-state index < -0.39 is 29.3 Å². The number of nitrogens with one attached hydrogen (secondary N) is 3. The number of pyridine rings is 1. The molecule has 1 aromatic carbocycles. The van der Waals surface area contributed by atoms with Crippen LogP contribution in [0.25, 0.3) is 0 Å². The second kappa shape index (κ2) is 11.5. The summed E-state index contributed by atoms with van der Waals surface area (Å²) in [5.74, 6) is -0.970. The lowest BCUT2D eigenvalue weighted by Gasteiger charge is -2.36. The molecule has 9 nitrogen and oxygen atoms in total. The molecule has 3 heterocycles. The van der Waals surface area contributed by atoms with Gasteiger partial charge in [0.05, 0.1) is 17.3 Å². The minimum atomic E-state index is -0.901. The number of aldehydes is 1. The highest BCUT2D eigenvalue weighted by atomic mass is 19.1. The van der Waals surface area contributed by atoms with Gasteiger partial charge in [0, 0.05) is 32.4 Å². The zero-order valence-corrected chi connectivity index (χ0v) is 21.4. The number of para-hydroxylation sites is 1. The molecule has 3 atom stereocenters. The van der Waals surface area contributed by atoms with Crippen LogP contribution in [0, 0.1) is 18.7 Å². The average molecular weight is 512 g/mol. The van der Waals surface area contributed by atoms with Gasteiger partial charge in [-0.2, -0.15) is 0 Å². The van der Waals surface area contributed by atoms with Crippen LogP contribution in [0.2, 0.25) is 0 Å². The van der Waals surface area contributed by atoms with E-state index in [0.717, 1.165) is 11.8 Å². The highest BCUT2D eigenvalue weighted by Crippen LogP contribution is 2.33. The molecule has 0 saturated carbocycles. The van der Waals surface area contributed by atoms with Crippen LogP contribution in [-0.4, -0.2) is 67.5 Å². The lowest BCUT2D eigenvalue weighted by molar-refractivity contribution is -0.126. The summed E-state index contributed by atoms with van der Waals surface area (Å²) in [4.78, 5) is 45.3. The number of fused-ring (bicyclic) bond motifs is 1. The van der Waals surface area contributed by atoms with Crippen molar-refractivity contribution in [2.45, 2.75) is 50.7 Å². The topological polar surface area (TPSA) is 113 Å². The summed E-state index contributed by atoms with van der Waals surface area (Å²) in [7, 11) is 1.69. The van der Waals surface area contributed by atoms with E-state index >= 15 is 0 Å². The van der Waals surface area contributed by atoms with Gasteiger partial charge in [-0.05, 0) is 62.9 Å². The Balaban J connectivity index is 1.66. The van der Waals surface area contributed by atoms with Crippen molar-refractivity contribution in [3.63, 3.8) is 0 Å². The van der Waals surface area contributed by atoms with Crippen LogP contribution < -0.4 is 20.9 Å². The number of aryl methyl sites for hydroxylation is 1. The van der Waals surface area contributed by atoms with Crippen LogP contribution in [0.1, 0.15) is 30.9 Å². The maximum Gasteiger partial charge on any atom is 0.248 e. The van der Waals surface area contributed by atoms with Gasteiger partial charge in [0.25, 0.3) is 0 Å². The van der Waals surface area contributed by atoms with Gasteiger partial charge in [-0.25, -0.2) is 9.37 Å². The van der Waals surface area contributed by atoms with E-state index in [1.54, 1.807) is 45.3 Å². The normalized spacial score (nSPS) is 20.1. The number of aromatic nitrogens is 1. The Kier molecular flexibility index (Phi) is 8.31. The molecule has 4 rings (SSSR count). The maximum atomic E-state index is 14.5. The van der Waals surface area contributed by atoms with Crippen LogP contribution >= 0.6 is 0 Å². The van der Waals surface area contributed by atoms with Crippen molar-refractivity contribution in [3.05, 3.63) is 53.5 Å². The molecule has 0 radical (unpaired) electrons. The summed E-state index contributed by atoms with van der Waals surface area (Å²) in [6.45, 7) is 4.73. The number of hydrogen-bond donors (Lipinski definition) is 3. The van der Waals surface area contributed by atoms with Gasteiger partial charge in [-0.3, -0.25) is 14.5 Å². The number of carbonyl (C=O) groups excluding carboxylic acids is 3. The van der Waals surface area contributed by atoms with Crippen LogP contribution in [0.5, 0.6) is 0 Å². The number of anilines is 2. The lowest BCUT2D eigenvalue weighted by atomic mass is 9.89. The second-order valence-corrected chi connectivity index (χ2v) is 9.93. The zero-order valence-electron chi connectivity index (χ0n) is 21.4. The molecule has 3 N–H and O–H groups in total. The molecular weight excluding hydrogens is 477 g/mol. The van der Waals surface area contributed by atoms with E-state index in [2.05, 4.69) is 20.9 Å². The van der Waals surface area contributed by atoms with E-state index in [-0.39, 0.29) is 30.5 Å². The Morgan fingerprint density at radius 2 is 2.03 bits per heavy atom. The van der Waals surface area contributed by atoms with Gasteiger partial charge in [0.15, 0.2) is 0 Å². The molecule has 10 heteroatoms. The summed E-state index contributed by atoms with van der Waals surface area (Å²) < 4.78 is 20.0. The average Bonchev–Trinajstić information content (AvgIpc) is 3.31. The first-order valence-electron chi connectivity index (χ1n) is 12.6. The van der Waals surface area contributed by atoms with E-state index in [0.29, 0.717) is 37.4 Å². The maximum absolute atomic E-state index is 14.5. The van der Waals surface area contributed by atoms with Crippen LogP contribution in [0.4, 0.5) is 15.9 Å². The molecule has 1 unspecified atom stereocenters. The number of carbonyl (C=O) groups is 3. The summed E-state index contributed by atoms with van der Waals surface area (Å²) in [5.41, 5.74) is 0.574. The molecule has 2 aliphatic heterocycles. The van der Waals surface area contributed by atoms with Crippen molar-refractivity contribution in [3.8, 4) is 0 Å². The monoisotopic (exact) mass is 511 g/mol. The summed E-state index contributed by atoms with van der Waals surface area (Å²) in [5, 5.41) is 8.99. The quantitative estimate of drug-likeness (QED) is 0.442. The van der Waals surface area contributed by atoms with Crippen molar-refractivity contribution in [1.29, 1.82) is 0 Å². The molecule has 0 spiro atoms. The number of nitrogens with zero attached hydrogens (tertiary/aromatic N) is 2. The van der Waals surface area contributed by atoms with E-state index in [1.165, 1.54) is 11.0 Å². The Bertz CT molecular complexity index is 1140. The molecule has 1 saturated heterocycles. The van der Waals surface area contributed by atoms with Gasteiger partial charge in [0.1, 0.15) is 24.0 Å². The van der Waals surface area contributed by atoms with Crippen molar-refractivity contribution in [1.82, 2.24) is 15.6 Å². The lowest BCUT2D eigenvalue weighted by Crippen LogP contribution is -2.60. The number of rotatable bonds is 9. The third kappa shape index (κ3) is 5.71.